The van der Waals surface area contributed by atoms with Crippen LogP contribution in [0.5, 0.6) is 0 Å². The Morgan fingerprint density at radius 1 is 1.19 bits per heavy atom. The Balaban J connectivity index is 1.87. The Labute approximate surface area is 151 Å². The largest absolute Gasteiger partial charge is 0.387 e. The van der Waals surface area contributed by atoms with Crippen molar-refractivity contribution in [3.8, 4) is 0 Å². The summed E-state index contributed by atoms with van der Waals surface area (Å²) < 4.78 is 5.21. The highest BCUT2D eigenvalue weighted by Gasteiger charge is 2.47. The van der Waals surface area contributed by atoms with E-state index in [0.29, 0.717) is 12.3 Å². The second-order valence-corrected chi connectivity index (χ2v) is 6.09. The zero-order valence-electron chi connectivity index (χ0n) is 14.8. The van der Waals surface area contributed by atoms with E-state index in [2.05, 4.69) is 5.32 Å². The van der Waals surface area contributed by atoms with Crippen LogP contribution in [0.2, 0.25) is 0 Å². The molecule has 1 N–H and O–H groups in total. The Hall–Kier alpha value is -2.74. The molecule has 0 aliphatic carbocycles. The van der Waals surface area contributed by atoms with Gasteiger partial charge in [0.15, 0.2) is 0 Å². The highest BCUT2D eigenvalue weighted by atomic mass is 16.5. The SMILES string of the molecule is CCOCCN1C(=O)CCC(N2C(=O)c3cccc(NC)c3C2=O)C1=O. The highest BCUT2D eigenvalue weighted by molar-refractivity contribution is 6.25. The van der Waals surface area contributed by atoms with E-state index in [1.54, 1.807) is 25.2 Å². The maximum Gasteiger partial charge on any atom is 0.264 e. The van der Waals surface area contributed by atoms with Crippen LogP contribution < -0.4 is 5.32 Å². The minimum Gasteiger partial charge on any atom is -0.387 e. The number of carbonyl (C=O) groups is 4. The fraction of sp³-hybridized carbons (Fsp3) is 0.444. The van der Waals surface area contributed by atoms with Crippen molar-refractivity contribution in [2.24, 2.45) is 0 Å². The molecule has 1 saturated heterocycles. The Bertz CT molecular complexity index is 776. The van der Waals surface area contributed by atoms with Crippen LogP contribution in [-0.2, 0) is 14.3 Å². The maximum atomic E-state index is 12.9. The number of piperidine rings is 1. The summed E-state index contributed by atoms with van der Waals surface area (Å²) in [6, 6.07) is 3.99. The molecule has 2 aliphatic rings. The van der Waals surface area contributed by atoms with E-state index >= 15 is 0 Å². The van der Waals surface area contributed by atoms with Crippen molar-refractivity contribution in [3.63, 3.8) is 0 Å². The Morgan fingerprint density at radius 3 is 2.65 bits per heavy atom. The molecular formula is C18H21N3O5. The molecule has 0 aromatic heterocycles. The molecule has 1 aromatic carbocycles. The molecule has 2 aliphatic heterocycles. The normalized spacial score (nSPS) is 20.0. The number of anilines is 1. The smallest absolute Gasteiger partial charge is 0.264 e. The summed E-state index contributed by atoms with van der Waals surface area (Å²) >= 11 is 0. The second kappa shape index (κ2) is 7.25. The van der Waals surface area contributed by atoms with Gasteiger partial charge in [-0.1, -0.05) is 6.07 Å². The summed E-state index contributed by atoms with van der Waals surface area (Å²) in [6.45, 7) is 2.64. The number of hydrogen-bond acceptors (Lipinski definition) is 6. The molecule has 1 fully saturated rings. The molecule has 1 unspecified atom stereocenters. The van der Waals surface area contributed by atoms with Crippen molar-refractivity contribution in [2.75, 3.05) is 32.1 Å². The van der Waals surface area contributed by atoms with E-state index in [9.17, 15) is 19.2 Å². The fourth-order valence-corrected chi connectivity index (χ4v) is 3.39. The molecule has 0 spiro atoms. The monoisotopic (exact) mass is 359 g/mol. The summed E-state index contributed by atoms with van der Waals surface area (Å²) in [5.74, 6) is -1.84. The van der Waals surface area contributed by atoms with E-state index in [1.807, 2.05) is 6.92 Å². The van der Waals surface area contributed by atoms with Gasteiger partial charge in [0.1, 0.15) is 6.04 Å². The lowest BCUT2D eigenvalue weighted by Gasteiger charge is -2.34. The van der Waals surface area contributed by atoms with E-state index in [0.717, 1.165) is 9.80 Å². The van der Waals surface area contributed by atoms with Crippen molar-refractivity contribution in [3.05, 3.63) is 29.3 Å². The van der Waals surface area contributed by atoms with Gasteiger partial charge in [0.2, 0.25) is 5.91 Å². The van der Waals surface area contributed by atoms with Gasteiger partial charge < -0.3 is 10.1 Å². The first kappa shape index (κ1) is 18.1. The number of ether oxygens (including phenoxy) is 1. The van der Waals surface area contributed by atoms with Crippen molar-refractivity contribution in [1.29, 1.82) is 0 Å². The van der Waals surface area contributed by atoms with Gasteiger partial charge in [-0.2, -0.15) is 0 Å². The van der Waals surface area contributed by atoms with E-state index < -0.39 is 23.8 Å². The third-order valence-corrected chi connectivity index (χ3v) is 4.67. The lowest BCUT2D eigenvalue weighted by molar-refractivity contribution is -0.152. The van der Waals surface area contributed by atoms with Crippen LogP contribution in [-0.4, -0.2) is 66.3 Å². The van der Waals surface area contributed by atoms with Gasteiger partial charge in [-0.25, -0.2) is 0 Å². The standard InChI is InChI=1S/C18H21N3O5/c1-3-26-10-9-20-14(22)8-7-13(17(20)24)21-16(23)11-5-4-6-12(19-2)15(11)18(21)25/h4-6,13,19H,3,7-10H2,1-2H3. The number of fused-ring (bicyclic) bond motifs is 1. The van der Waals surface area contributed by atoms with Gasteiger partial charge in [-0.05, 0) is 25.5 Å². The summed E-state index contributed by atoms with van der Waals surface area (Å²) in [6.07, 6.45) is 0.248. The molecule has 8 nitrogen and oxygen atoms in total. The van der Waals surface area contributed by atoms with Crippen LogP contribution in [0.15, 0.2) is 18.2 Å². The number of imide groups is 2. The molecule has 0 radical (unpaired) electrons. The number of nitrogens with one attached hydrogen (secondary N) is 1. The first-order chi connectivity index (χ1) is 12.5. The van der Waals surface area contributed by atoms with Gasteiger partial charge in [0.25, 0.3) is 17.7 Å². The molecule has 0 bridgehead atoms. The minimum atomic E-state index is -0.966. The summed E-state index contributed by atoms with van der Waals surface area (Å²) in [5, 5.41) is 2.90. The zero-order chi connectivity index (χ0) is 18.8. The number of carbonyl (C=O) groups excluding carboxylic acids is 4. The van der Waals surface area contributed by atoms with Crippen molar-refractivity contribution >= 4 is 29.3 Å². The minimum absolute atomic E-state index is 0.106. The predicted molar refractivity (Wildman–Crippen MR) is 92.7 cm³/mol. The third kappa shape index (κ3) is 2.86. The predicted octanol–water partition coefficient (Wildman–Crippen LogP) is 0.878. The lowest BCUT2D eigenvalue weighted by atomic mass is 10.0. The van der Waals surface area contributed by atoms with Crippen LogP contribution in [0.4, 0.5) is 5.69 Å². The van der Waals surface area contributed by atoms with Crippen molar-refractivity contribution in [1.82, 2.24) is 9.80 Å². The van der Waals surface area contributed by atoms with E-state index in [1.165, 1.54) is 0 Å². The molecule has 4 amide bonds. The first-order valence-corrected chi connectivity index (χ1v) is 8.61. The van der Waals surface area contributed by atoms with Gasteiger partial charge in [-0.15, -0.1) is 0 Å². The van der Waals surface area contributed by atoms with Gasteiger partial charge in [0.05, 0.1) is 24.3 Å². The third-order valence-electron chi connectivity index (χ3n) is 4.67. The summed E-state index contributed by atoms with van der Waals surface area (Å²) in [7, 11) is 1.66. The first-order valence-electron chi connectivity index (χ1n) is 8.61. The summed E-state index contributed by atoms with van der Waals surface area (Å²) in [4.78, 5) is 52.6. The van der Waals surface area contributed by atoms with Crippen LogP contribution in [0.3, 0.4) is 0 Å². The second-order valence-electron chi connectivity index (χ2n) is 6.09. The van der Waals surface area contributed by atoms with Gasteiger partial charge in [0, 0.05) is 25.8 Å². The number of benzene rings is 1. The van der Waals surface area contributed by atoms with E-state index in [-0.39, 0.29) is 43.0 Å². The molecule has 138 valence electrons. The quantitative estimate of drug-likeness (QED) is 0.598. The molecule has 1 aromatic rings. The zero-order valence-corrected chi connectivity index (χ0v) is 14.8. The lowest BCUT2D eigenvalue weighted by Crippen LogP contribution is -2.56. The average molecular weight is 359 g/mol. The molecule has 1 atom stereocenters. The van der Waals surface area contributed by atoms with Gasteiger partial charge in [-0.3, -0.25) is 29.0 Å². The van der Waals surface area contributed by atoms with Crippen LogP contribution in [0, 0.1) is 0 Å². The Kier molecular flexibility index (Phi) is 5.03. The van der Waals surface area contributed by atoms with Crippen LogP contribution >= 0.6 is 0 Å². The molecule has 2 heterocycles. The number of nitrogens with zero attached hydrogens (tertiary/aromatic N) is 2. The maximum absolute atomic E-state index is 12.9. The summed E-state index contributed by atoms with van der Waals surface area (Å²) in [5.41, 5.74) is 1.08. The number of rotatable bonds is 6. The van der Waals surface area contributed by atoms with Crippen molar-refractivity contribution in [2.45, 2.75) is 25.8 Å². The van der Waals surface area contributed by atoms with Crippen LogP contribution in [0.25, 0.3) is 0 Å². The molecule has 3 rings (SSSR count). The van der Waals surface area contributed by atoms with Gasteiger partial charge >= 0.3 is 0 Å². The number of hydrogen-bond donors (Lipinski definition) is 1. The Morgan fingerprint density at radius 2 is 1.96 bits per heavy atom. The average Bonchev–Trinajstić information content (AvgIpc) is 2.89. The topological polar surface area (TPSA) is 96.0 Å². The van der Waals surface area contributed by atoms with Crippen molar-refractivity contribution < 1.29 is 23.9 Å². The molecular weight excluding hydrogens is 338 g/mol. The molecule has 0 saturated carbocycles. The van der Waals surface area contributed by atoms with Crippen LogP contribution in [0.1, 0.15) is 40.5 Å². The number of likely N-dealkylation sites (tertiary alicyclic amines) is 1. The molecule has 26 heavy (non-hydrogen) atoms. The van der Waals surface area contributed by atoms with E-state index in [4.69, 9.17) is 4.74 Å². The fourth-order valence-electron chi connectivity index (χ4n) is 3.39. The molecule has 8 heteroatoms. The number of amides is 4. The highest BCUT2D eigenvalue weighted by Crippen LogP contribution is 2.33.